The third-order valence-electron chi connectivity index (χ3n) is 4.58. The molecular formula is C19H14N4O3. The Kier molecular flexibility index (Phi) is 3.08. The maximum absolute atomic E-state index is 9.86. The van der Waals surface area contributed by atoms with Crippen LogP contribution in [0.1, 0.15) is 22.6 Å². The summed E-state index contributed by atoms with van der Waals surface area (Å²) < 4.78 is 12.9. The van der Waals surface area contributed by atoms with Gasteiger partial charge in [0.2, 0.25) is 5.88 Å². The summed E-state index contributed by atoms with van der Waals surface area (Å²) in [5, 5.41) is 14.0. The predicted octanol–water partition coefficient (Wildman–Crippen LogP) is 3.12. The molecule has 0 saturated carbocycles. The van der Waals surface area contributed by atoms with E-state index in [0.717, 1.165) is 22.4 Å². The summed E-state index contributed by atoms with van der Waals surface area (Å²) in [7, 11) is 1.64. The van der Waals surface area contributed by atoms with Crippen LogP contribution in [0.2, 0.25) is 0 Å². The summed E-state index contributed by atoms with van der Waals surface area (Å²) in [4.78, 5) is 8.78. The van der Waals surface area contributed by atoms with Crippen LogP contribution in [0.25, 0.3) is 5.65 Å². The van der Waals surface area contributed by atoms with Gasteiger partial charge in [-0.05, 0) is 23.8 Å². The fourth-order valence-corrected chi connectivity index (χ4v) is 3.39. The summed E-state index contributed by atoms with van der Waals surface area (Å²) in [6.45, 7) is 0. The van der Waals surface area contributed by atoms with Crippen molar-refractivity contribution in [3.8, 4) is 23.1 Å². The summed E-state index contributed by atoms with van der Waals surface area (Å²) in [6, 6.07) is 13.0. The van der Waals surface area contributed by atoms with Crippen LogP contribution in [-0.4, -0.2) is 31.8 Å². The number of hydrogen-bond donors (Lipinski definition) is 1. The van der Waals surface area contributed by atoms with Crippen molar-refractivity contribution < 1.29 is 14.6 Å². The zero-order valence-electron chi connectivity index (χ0n) is 13.8. The van der Waals surface area contributed by atoms with E-state index in [4.69, 9.17) is 9.47 Å². The minimum absolute atomic E-state index is 0.143. The van der Waals surface area contributed by atoms with Gasteiger partial charge < -0.3 is 14.6 Å². The van der Waals surface area contributed by atoms with Crippen molar-refractivity contribution >= 4 is 5.65 Å². The Balaban J connectivity index is 1.79. The molecule has 1 aliphatic rings. The molecule has 7 nitrogen and oxygen atoms in total. The van der Waals surface area contributed by atoms with E-state index in [1.165, 1.54) is 6.33 Å². The number of fused-ring (bicyclic) bond motifs is 4. The standard InChI is InChI=1S/C19H14N4O3/c1-25-13-5-2-11(3-6-13)16-14-7-4-12(24)8-15(14)26-19-17(16)18-20-9-22-23(18)10-21-19/h2-10,16,24H,1H3. The van der Waals surface area contributed by atoms with E-state index < -0.39 is 0 Å². The second-order valence-electron chi connectivity index (χ2n) is 6.02. The van der Waals surface area contributed by atoms with Gasteiger partial charge in [-0.1, -0.05) is 18.2 Å². The summed E-state index contributed by atoms with van der Waals surface area (Å²) in [5.41, 5.74) is 3.50. The molecule has 0 bridgehead atoms. The molecule has 4 aromatic rings. The zero-order valence-corrected chi connectivity index (χ0v) is 13.8. The van der Waals surface area contributed by atoms with Crippen LogP contribution < -0.4 is 9.47 Å². The monoisotopic (exact) mass is 346 g/mol. The average Bonchev–Trinajstić information content (AvgIpc) is 3.15. The molecule has 1 atom stereocenters. The van der Waals surface area contributed by atoms with Crippen LogP contribution in [0, 0.1) is 0 Å². The van der Waals surface area contributed by atoms with E-state index in [1.54, 1.807) is 30.1 Å². The second-order valence-corrected chi connectivity index (χ2v) is 6.02. The van der Waals surface area contributed by atoms with Gasteiger partial charge in [0.15, 0.2) is 5.65 Å². The topological polar surface area (TPSA) is 81.8 Å². The van der Waals surface area contributed by atoms with Crippen molar-refractivity contribution in [1.82, 2.24) is 19.6 Å². The Morgan fingerprint density at radius 1 is 1.12 bits per heavy atom. The highest BCUT2D eigenvalue weighted by molar-refractivity contribution is 5.66. The molecular weight excluding hydrogens is 332 g/mol. The largest absolute Gasteiger partial charge is 0.508 e. The lowest BCUT2D eigenvalue weighted by atomic mass is 9.84. The molecule has 2 aromatic heterocycles. The van der Waals surface area contributed by atoms with E-state index in [2.05, 4.69) is 15.1 Å². The van der Waals surface area contributed by atoms with Crippen LogP contribution in [0.5, 0.6) is 23.1 Å². The van der Waals surface area contributed by atoms with Crippen molar-refractivity contribution in [2.45, 2.75) is 5.92 Å². The quantitative estimate of drug-likeness (QED) is 0.529. The number of aromatic nitrogens is 4. The lowest BCUT2D eigenvalue weighted by molar-refractivity contribution is 0.414. The smallest absolute Gasteiger partial charge is 0.228 e. The average molecular weight is 346 g/mol. The number of phenolic OH excluding ortho intramolecular Hbond substituents is 1. The fraction of sp³-hybridized carbons (Fsp3) is 0.105. The summed E-state index contributed by atoms with van der Waals surface area (Å²) in [6.07, 6.45) is 3.06. The number of aromatic hydroxyl groups is 1. The number of benzene rings is 2. The van der Waals surface area contributed by atoms with Gasteiger partial charge in [-0.3, -0.25) is 0 Å². The van der Waals surface area contributed by atoms with Crippen molar-refractivity contribution in [2.24, 2.45) is 0 Å². The first kappa shape index (κ1) is 14.7. The van der Waals surface area contributed by atoms with Gasteiger partial charge in [0.25, 0.3) is 0 Å². The minimum atomic E-state index is -0.152. The van der Waals surface area contributed by atoms with Crippen LogP contribution in [0.4, 0.5) is 0 Å². The number of rotatable bonds is 2. The highest BCUT2D eigenvalue weighted by Gasteiger charge is 2.33. The highest BCUT2D eigenvalue weighted by Crippen LogP contribution is 2.48. The Hall–Kier alpha value is -3.61. The van der Waals surface area contributed by atoms with Crippen LogP contribution >= 0.6 is 0 Å². The molecule has 3 heterocycles. The lowest BCUT2D eigenvalue weighted by Gasteiger charge is -2.28. The summed E-state index contributed by atoms with van der Waals surface area (Å²) >= 11 is 0. The van der Waals surface area contributed by atoms with Gasteiger partial charge in [-0.25, -0.2) is 14.5 Å². The third kappa shape index (κ3) is 2.10. The molecule has 0 amide bonds. The van der Waals surface area contributed by atoms with E-state index in [1.807, 2.05) is 30.3 Å². The molecule has 26 heavy (non-hydrogen) atoms. The van der Waals surface area contributed by atoms with Crippen molar-refractivity contribution in [2.75, 3.05) is 7.11 Å². The molecule has 1 unspecified atom stereocenters. The zero-order chi connectivity index (χ0) is 17.7. The van der Waals surface area contributed by atoms with Crippen LogP contribution in [0.15, 0.2) is 55.1 Å². The molecule has 0 saturated heterocycles. The third-order valence-corrected chi connectivity index (χ3v) is 4.58. The van der Waals surface area contributed by atoms with E-state index in [0.29, 0.717) is 17.3 Å². The molecule has 1 aliphatic heterocycles. The first-order valence-electron chi connectivity index (χ1n) is 8.07. The van der Waals surface area contributed by atoms with Gasteiger partial charge in [0, 0.05) is 17.5 Å². The fourth-order valence-electron chi connectivity index (χ4n) is 3.39. The van der Waals surface area contributed by atoms with Gasteiger partial charge in [0.1, 0.15) is 29.9 Å². The van der Waals surface area contributed by atoms with Crippen LogP contribution in [0.3, 0.4) is 0 Å². The molecule has 0 fully saturated rings. The SMILES string of the molecule is COc1ccc(C2c3ccc(O)cc3Oc3ncn4ncnc4c32)cc1. The van der Waals surface area contributed by atoms with Crippen molar-refractivity contribution in [1.29, 1.82) is 0 Å². The van der Waals surface area contributed by atoms with Crippen molar-refractivity contribution in [3.63, 3.8) is 0 Å². The maximum Gasteiger partial charge on any atom is 0.228 e. The van der Waals surface area contributed by atoms with E-state index in [9.17, 15) is 5.11 Å². The van der Waals surface area contributed by atoms with Crippen molar-refractivity contribution in [3.05, 3.63) is 71.8 Å². The van der Waals surface area contributed by atoms with Gasteiger partial charge >= 0.3 is 0 Å². The molecule has 7 heteroatoms. The van der Waals surface area contributed by atoms with E-state index >= 15 is 0 Å². The Morgan fingerprint density at radius 2 is 1.96 bits per heavy atom. The molecule has 0 aliphatic carbocycles. The number of phenols is 1. The first-order chi connectivity index (χ1) is 12.7. The molecule has 2 aromatic carbocycles. The number of ether oxygens (including phenoxy) is 2. The number of nitrogens with zero attached hydrogens (tertiary/aromatic N) is 4. The van der Waals surface area contributed by atoms with Gasteiger partial charge in [-0.15, -0.1) is 0 Å². The lowest BCUT2D eigenvalue weighted by Crippen LogP contribution is -2.15. The minimum Gasteiger partial charge on any atom is -0.508 e. The molecule has 5 rings (SSSR count). The molecule has 0 spiro atoms. The van der Waals surface area contributed by atoms with Crippen LogP contribution in [-0.2, 0) is 0 Å². The maximum atomic E-state index is 9.86. The van der Waals surface area contributed by atoms with E-state index in [-0.39, 0.29) is 11.7 Å². The normalized spacial score (nSPS) is 15.2. The predicted molar refractivity (Wildman–Crippen MR) is 92.9 cm³/mol. The number of hydrogen-bond acceptors (Lipinski definition) is 6. The Morgan fingerprint density at radius 3 is 2.77 bits per heavy atom. The molecule has 128 valence electrons. The first-order valence-corrected chi connectivity index (χ1v) is 8.07. The highest BCUT2D eigenvalue weighted by atomic mass is 16.5. The van der Waals surface area contributed by atoms with Gasteiger partial charge in [-0.2, -0.15) is 5.10 Å². The second kappa shape index (κ2) is 5.45. The molecule has 1 N–H and O–H groups in total. The summed E-state index contributed by atoms with van der Waals surface area (Å²) in [5.74, 6) is 1.81. The number of methoxy groups -OCH3 is 1. The molecule has 0 radical (unpaired) electrons. The Bertz CT molecular complexity index is 1120. The van der Waals surface area contributed by atoms with Gasteiger partial charge in [0.05, 0.1) is 12.7 Å². The Labute approximate surface area is 148 Å².